The number of H-pyrrole nitrogens is 1. The average Bonchev–Trinajstić information content (AvgIpc) is 2.87. The van der Waals surface area contributed by atoms with Gasteiger partial charge in [-0.15, -0.1) is 0 Å². The van der Waals surface area contributed by atoms with Crippen molar-refractivity contribution in [3.63, 3.8) is 0 Å². The summed E-state index contributed by atoms with van der Waals surface area (Å²) >= 11 is 0. The standard InChI is InChI=1S/C14H15FN2O4/c15-8-14(3-5-20-6-4-14)17-12(18)9-1-2-11-10(7-9)16-13(19)21-11/h1-2,7H,3-6,8H2,(H,16,19)(H,17,18). The van der Waals surface area contributed by atoms with Crippen LogP contribution in [0.2, 0.25) is 0 Å². The number of ether oxygens (including phenoxy) is 1. The fraction of sp³-hybridized carbons (Fsp3) is 0.429. The monoisotopic (exact) mass is 294 g/mol. The van der Waals surface area contributed by atoms with Crippen LogP contribution in [0.4, 0.5) is 4.39 Å². The van der Waals surface area contributed by atoms with E-state index in [1.165, 1.54) is 12.1 Å². The summed E-state index contributed by atoms with van der Waals surface area (Å²) in [5.41, 5.74) is 0.296. The van der Waals surface area contributed by atoms with Gasteiger partial charge in [0.25, 0.3) is 5.91 Å². The molecule has 1 aliphatic heterocycles. The van der Waals surface area contributed by atoms with Crippen molar-refractivity contribution in [1.82, 2.24) is 10.3 Å². The summed E-state index contributed by atoms with van der Waals surface area (Å²) in [6.07, 6.45) is 0.889. The Hall–Kier alpha value is -2.15. The lowest BCUT2D eigenvalue weighted by Gasteiger charge is -2.35. The summed E-state index contributed by atoms with van der Waals surface area (Å²) in [6.45, 7) is 0.226. The van der Waals surface area contributed by atoms with Crippen LogP contribution >= 0.6 is 0 Å². The normalized spacial score (nSPS) is 17.8. The molecule has 21 heavy (non-hydrogen) atoms. The smallest absolute Gasteiger partial charge is 0.408 e. The number of aromatic amines is 1. The lowest BCUT2D eigenvalue weighted by Crippen LogP contribution is -2.53. The molecule has 1 aromatic heterocycles. The molecule has 0 radical (unpaired) electrons. The Labute approximate surface area is 119 Å². The van der Waals surface area contributed by atoms with E-state index in [0.29, 0.717) is 42.7 Å². The Morgan fingerprint density at radius 1 is 1.38 bits per heavy atom. The number of carbonyl (C=O) groups excluding carboxylic acids is 1. The summed E-state index contributed by atoms with van der Waals surface area (Å²) in [5.74, 6) is -0.953. The summed E-state index contributed by atoms with van der Waals surface area (Å²) in [6, 6.07) is 4.59. The van der Waals surface area contributed by atoms with E-state index in [4.69, 9.17) is 9.15 Å². The van der Waals surface area contributed by atoms with Crippen molar-refractivity contribution in [2.24, 2.45) is 0 Å². The molecule has 7 heteroatoms. The highest BCUT2D eigenvalue weighted by molar-refractivity contribution is 5.97. The largest absolute Gasteiger partial charge is 0.417 e. The van der Waals surface area contributed by atoms with Gasteiger partial charge in [0.2, 0.25) is 0 Å². The first-order chi connectivity index (χ1) is 10.1. The molecule has 0 aliphatic carbocycles. The predicted octanol–water partition coefficient (Wildman–Crippen LogP) is 1.37. The van der Waals surface area contributed by atoms with Crippen LogP contribution in [-0.2, 0) is 4.74 Å². The number of aromatic nitrogens is 1. The van der Waals surface area contributed by atoms with E-state index in [9.17, 15) is 14.0 Å². The fourth-order valence-electron chi connectivity index (χ4n) is 2.46. The molecule has 112 valence electrons. The second kappa shape index (κ2) is 5.33. The SMILES string of the molecule is O=C(NC1(CF)CCOCC1)c1ccc2oc(=O)[nH]c2c1. The first kappa shape index (κ1) is 13.8. The molecule has 0 saturated carbocycles. The van der Waals surface area contributed by atoms with Gasteiger partial charge in [-0.3, -0.25) is 9.78 Å². The Morgan fingerprint density at radius 2 is 2.14 bits per heavy atom. The first-order valence-electron chi connectivity index (χ1n) is 6.71. The van der Waals surface area contributed by atoms with Crippen molar-refractivity contribution in [3.05, 3.63) is 34.3 Å². The molecular weight excluding hydrogens is 279 g/mol. The van der Waals surface area contributed by atoms with Crippen molar-refractivity contribution in [2.75, 3.05) is 19.9 Å². The number of hydrogen-bond acceptors (Lipinski definition) is 4. The molecule has 1 aromatic carbocycles. The van der Waals surface area contributed by atoms with Gasteiger partial charge in [-0.1, -0.05) is 0 Å². The van der Waals surface area contributed by atoms with E-state index in [0.717, 1.165) is 0 Å². The number of oxazole rings is 1. The second-order valence-electron chi connectivity index (χ2n) is 5.21. The number of amides is 1. The number of fused-ring (bicyclic) bond motifs is 1. The molecule has 6 nitrogen and oxygen atoms in total. The summed E-state index contributed by atoms with van der Waals surface area (Å²) < 4.78 is 23.4. The van der Waals surface area contributed by atoms with E-state index >= 15 is 0 Å². The van der Waals surface area contributed by atoms with Crippen molar-refractivity contribution in [1.29, 1.82) is 0 Å². The van der Waals surface area contributed by atoms with Crippen LogP contribution in [0.15, 0.2) is 27.4 Å². The first-order valence-corrected chi connectivity index (χ1v) is 6.71. The molecule has 2 heterocycles. The van der Waals surface area contributed by atoms with Gasteiger partial charge in [-0.25, -0.2) is 9.18 Å². The molecule has 2 aromatic rings. The average molecular weight is 294 g/mol. The van der Waals surface area contributed by atoms with E-state index in [1.807, 2.05) is 0 Å². The number of rotatable bonds is 3. The minimum atomic E-state index is -0.867. The third-order valence-electron chi connectivity index (χ3n) is 3.77. The van der Waals surface area contributed by atoms with Crippen molar-refractivity contribution in [2.45, 2.75) is 18.4 Å². The highest BCUT2D eigenvalue weighted by Crippen LogP contribution is 2.22. The summed E-state index contributed by atoms with van der Waals surface area (Å²) in [7, 11) is 0. The zero-order valence-corrected chi connectivity index (χ0v) is 11.3. The molecule has 0 bridgehead atoms. The molecule has 1 fully saturated rings. The maximum atomic E-state index is 13.3. The number of hydrogen-bond donors (Lipinski definition) is 2. The van der Waals surface area contributed by atoms with E-state index in [2.05, 4.69) is 10.3 Å². The van der Waals surface area contributed by atoms with E-state index < -0.39 is 18.0 Å². The maximum absolute atomic E-state index is 13.3. The van der Waals surface area contributed by atoms with Gasteiger partial charge in [0, 0.05) is 18.8 Å². The lowest BCUT2D eigenvalue weighted by atomic mass is 9.91. The Bertz CT molecular complexity index is 715. The number of carbonyl (C=O) groups is 1. The zero-order valence-electron chi connectivity index (χ0n) is 11.3. The van der Waals surface area contributed by atoms with Crippen LogP contribution in [0.3, 0.4) is 0 Å². The van der Waals surface area contributed by atoms with E-state index in [-0.39, 0.29) is 5.91 Å². The summed E-state index contributed by atoms with van der Waals surface area (Å²) in [5, 5.41) is 2.75. The van der Waals surface area contributed by atoms with Gasteiger partial charge in [-0.2, -0.15) is 0 Å². The highest BCUT2D eigenvalue weighted by atomic mass is 19.1. The molecule has 3 rings (SSSR count). The van der Waals surface area contributed by atoms with E-state index in [1.54, 1.807) is 6.07 Å². The Balaban J connectivity index is 1.84. The van der Waals surface area contributed by atoms with Gasteiger partial charge in [0.15, 0.2) is 5.58 Å². The van der Waals surface area contributed by atoms with Crippen molar-refractivity contribution >= 4 is 17.0 Å². The Kier molecular flexibility index (Phi) is 3.50. The van der Waals surface area contributed by atoms with Crippen LogP contribution in [-0.4, -0.2) is 36.3 Å². The van der Waals surface area contributed by atoms with Crippen LogP contribution in [0.25, 0.3) is 11.1 Å². The molecule has 1 saturated heterocycles. The lowest BCUT2D eigenvalue weighted by molar-refractivity contribution is 0.0266. The minimum Gasteiger partial charge on any atom is -0.408 e. The van der Waals surface area contributed by atoms with Gasteiger partial charge in [0.05, 0.1) is 11.1 Å². The molecule has 1 amide bonds. The molecular formula is C14H15FN2O4. The number of halogens is 1. The fourth-order valence-corrected chi connectivity index (χ4v) is 2.46. The van der Waals surface area contributed by atoms with Crippen LogP contribution in [0.5, 0.6) is 0 Å². The number of alkyl halides is 1. The highest BCUT2D eigenvalue weighted by Gasteiger charge is 2.34. The Morgan fingerprint density at radius 3 is 2.86 bits per heavy atom. The maximum Gasteiger partial charge on any atom is 0.417 e. The predicted molar refractivity (Wildman–Crippen MR) is 73.1 cm³/mol. The molecule has 0 atom stereocenters. The van der Waals surface area contributed by atoms with Gasteiger partial charge in [-0.05, 0) is 31.0 Å². The topological polar surface area (TPSA) is 84.3 Å². The van der Waals surface area contributed by atoms with Crippen LogP contribution in [0, 0.1) is 0 Å². The quantitative estimate of drug-likeness (QED) is 0.895. The molecule has 0 unspecified atom stereocenters. The minimum absolute atomic E-state index is 0.346. The number of benzene rings is 1. The molecule has 2 N–H and O–H groups in total. The summed E-state index contributed by atoms with van der Waals surface area (Å²) in [4.78, 5) is 25.9. The third-order valence-corrected chi connectivity index (χ3v) is 3.77. The second-order valence-corrected chi connectivity index (χ2v) is 5.21. The van der Waals surface area contributed by atoms with Gasteiger partial charge in [0.1, 0.15) is 6.67 Å². The molecule has 0 spiro atoms. The van der Waals surface area contributed by atoms with Crippen LogP contribution < -0.4 is 11.1 Å². The number of nitrogens with one attached hydrogen (secondary N) is 2. The zero-order chi connectivity index (χ0) is 14.9. The van der Waals surface area contributed by atoms with Gasteiger partial charge >= 0.3 is 5.76 Å². The third kappa shape index (κ3) is 2.69. The van der Waals surface area contributed by atoms with Crippen LogP contribution in [0.1, 0.15) is 23.2 Å². The molecule has 1 aliphatic rings. The van der Waals surface area contributed by atoms with Crippen molar-refractivity contribution in [3.8, 4) is 0 Å². The van der Waals surface area contributed by atoms with Crippen molar-refractivity contribution < 1.29 is 18.3 Å². The van der Waals surface area contributed by atoms with Gasteiger partial charge < -0.3 is 14.5 Å².